The number of halogens is 1. The lowest BCUT2D eigenvalue weighted by Gasteiger charge is -2.19. The summed E-state index contributed by atoms with van der Waals surface area (Å²) >= 11 is 6.12. The van der Waals surface area contributed by atoms with Gasteiger partial charge < -0.3 is 9.15 Å². The number of esters is 1. The number of rotatable bonds is 3. The Balaban J connectivity index is 1.81. The molecule has 0 aliphatic heterocycles. The average molecular weight is 489 g/mol. The fourth-order valence-corrected chi connectivity index (χ4v) is 3.98. The van der Waals surface area contributed by atoms with Crippen LogP contribution in [0.15, 0.2) is 75.9 Å². The summed E-state index contributed by atoms with van der Waals surface area (Å²) in [6, 6.07) is 19.7. The number of ether oxygens (including phenoxy) is 1. The molecule has 0 N–H and O–H groups in total. The molecule has 4 rings (SSSR count). The molecule has 0 aliphatic rings. The van der Waals surface area contributed by atoms with Gasteiger partial charge in [0.25, 0.3) is 0 Å². The maximum Gasteiger partial charge on any atom is 0.343 e. The minimum atomic E-state index is -0.633. The van der Waals surface area contributed by atoms with Gasteiger partial charge in [-0.15, -0.1) is 0 Å². The van der Waals surface area contributed by atoms with Gasteiger partial charge in [-0.2, -0.15) is 0 Å². The van der Waals surface area contributed by atoms with E-state index in [4.69, 9.17) is 20.8 Å². The first-order valence-corrected chi connectivity index (χ1v) is 11.9. The molecule has 1 aromatic heterocycles. The zero-order valence-electron chi connectivity index (χ0n) is 20.9. The van der Waals surface area contributed by atoms with Crippen LogP contribution in [-0.4, -0.2) is 5.97 Å². The van der Waals surface area contributed by atoms with E-state index in [1.54, 1.807) is 24.3 Å². The summed E-state index contributed by atoms with van der Waals surface area (Å²) < 4.78 is 11.8. The minimum absolute atomic E-state index is 0.0337. The van der Waals surface area contributed by atoms with Crippen LogP contribution in [0.25, 0.3) is 22.3 Å². The Morgan fingerprint density at radius 1 is 0.800 bits per heavy atom. The number of carbonyl (C=O) groups excluding carboxylic acids is 1. The molecule has 4 nitrogen and oxygen atoms in total. The Bertz CT molecular complexity index is 1450. The van der Waals surface area contributed by atoms with Crippen LogP contribution in [0.4, 0.5) is 0 Å². The van der Waals surface area contributed by atoms with Crippen molar-refractivity contribution in [1.82, 2.24) is 0 Å². The first kappa shape index (κ1) is 24.7. The van der Waals surface area contributed by atoms with Crippen LogP contribution in [-0.2, 0) is 10.8 Å². The first-order chi connectivity index (χ1) is 16.3. The molecule has 0 atom stereocenters. The minimum Gasteiger partial charge on any atom is -0.452 e. The Labute approximate surface area is 210 Å². The van der Waals surface area contributed by atoms with E-state index in [0.29, 0.717) is 21.7 Å². The molecule has 1 heterocycles. The van der Waals surface area contributed by atoms with Gasteiger partial charge in [0.1, 0.15) is 5.58 Å². The van der Waals surface area contributed by atoms with Gasteiger partial charge >= 0.3 is 5.97 Å². The van der Waals surface area contributed by atoms with Crippen molar-refractivity contribution in [3.63, 3.8) is 0 Å². The van der Waals surface area contributed by atoms with Crippen molar-refractivity contribution in [2.45, 2.75) is 52.4 Å². The zero-order valence-corrected chi connectivity index (χ0v) is 21.6. The van der Waals surface area contributed by atoms with Crippen molar-refractivity contribution in [3.05, 3.63) is 98.7 Å². The van der Waals surface area contributed by atoms with Crippen LogP contribution < -0.4 is 10.2 Å². The third-order valence-electron chi connectivity index (χ3n) is 6.01. The molecular weight excluding hydrogens is 460 g/mol. The smallest absolute Gasteiger partial charge is 0.343 e. The van der Waals surface area contributed by atoms with Gasteiger partial charge in [-0.1, -0.05) is 89.5 Å². The quantitative estimate of drug-likeness (QED) is 0.275. The summed E-state index contributed by atoms with van der Waals surface area (Å²) in [5.74, 6) is -0.593. The van der Waals surface area contributed by atoms with Gasteiger partial charge in [-0.3, -0.25) is 4.79 Å². The van der Waals surface area contributed by atoms with E-state index in [0.717, 1.165) is 11.1 Å². The lowest BCUT2D eigenvalue weighted by Crippen LogP contribution is -2.17. The van der Waals surface area contributed by atoms with E-state index in [2.05, 4.69) is 41.5 Å². The molecule has 180 valence electrons. The van der Waals surface area contributed by atoms with Crippen molar-refractivity contribution in [1.29, 1.82) is 0 Å². The van der Waals surface area contributed by atoms with E-state index in [-0.39, 0.29) is 27.7 Å². The molecule has 5 heteroatoms. The monoisotopic (exact) mass is 488 g/mol. The third-order valence-corrected chi connectivity index (χ3v) is 6.24. The molecule has 4 aromatic rings. The molecular formula is C30H29ClO4. The van der Waals surface area contributed by atoms with E-state index < -0.39 is 11.4 Å². The second kappa shape index (κ2) is 9.01. The molecule has 0 bridgehead atoms. The lowest BCUT2D eigenvalue weighted by atomic mass is 9.86. The van der Waals surface area contributed by atoms with E-state index in [1.807, 2.05) is 36.4 Å². The van der Waals surface area contributed by atoms with Gasteiger partial charge in [0.15, 0.2) is 5.76 Å². The molecule has 0 unspecified atom stereocenters. The van der Waals surface area contributed by atoms with E-state index in [9.17, 15) is 9.59 Å². The maximum absolute atomic E-state index is 13.5. The van der Waals surface area contributed by atoms with E-state index >= 15 is 0 Å². The van der Waals surface area contributed by atoms with Gasteiger partial charge in [0, 0.05) is 10.6 Å². The molecule has 0 spiro atoms. The lowest BCUT2D eigenvalue weighted by molar-refractivity contribution is 0.0731. The first-order valence-electron chi connectivity index (χ1n) is 11.5. The van der Waals surface area contributed by atoms with Gasteiger partial charge in [0.2, 0.25) is 11.2 Å². The number of hydrogen-bond acceptors (Lipinski definition) is 4. The average Bonchev–Trinajstić information content (AvgIpc) is 2.80. The van der Waals surface area contributed by atoms with Crippen LogP contribution >= 0.6 is 11.6 Å². The maximum atomic E-state index is 13.5. The molecule has 0 saturated heterocycles. The van der Waals surface area contributed by atoms with Crippen LogP contribution in [0.3, 0.4) is 0 Å². The Kier molecular flexibility index (Phi) is 6.37. The van der Waals surface area contributed by atoms with Crippen LogP contribution in [0.1, 0.15) is 63.0 Å². The predicted molar refractivity (Wildman–Crippen MR) is 142 cm³/mol. The van der Waals surface area contributed by atoms with Crippen LogP contribution in [0, 0.1) is 0 Å². The third kappa shape index (κ3) is 5.18. The van der Waals surface area contributed by atoms with E-state index in [1.165, 1.54) is 6.07 Å². The SMILES string of the molecule is CC(C)(C)c1ccc(C(=O)Oc2c(-c3ccc(C(C)(C)C)cc3)oc3ccc(Cl)cc3c2=O)cc1. The molecule has 0 radical (unpaired) electrons. The van der Waals surface area contributed by atoms with Crippen molar-refractivity contribution in [2.24, 2.45) is 0 Å². The molecule has 0 amide bonds. The van der Waals surface area contributed by atoms with Crippen molar-refractivity contribution < 1.29 is 13.9 Å². The van der Waals surface area contributed by atoms with Gasteiger partial charge in [-0.25, -0.2) is 4.79 Å². The molecule has 0 aliphatic carbocycles. The summed E-state index contributed by atoms with van der Waals surface area (Å²) in [7, 11) is 0. The largest absolute Gasteiger partial charge is 0.452 e. The number of benzene rings is 3. The highest BCUT2D eigenvalue weighted by molar-refractivity contribution is 6.31. The van der Waals surface area contributed by atoms with Gasteiger partial charge in [-0.05, 0) is 52.3 Å². The summed E-state index contributed by atoms with van der Waals surface area (Å²) in [6.45, 7) is 12.7. The zero-order chi connectivity index (χ0) is 25.5. The van der Waals surface area contributed by atoms with Crippen molar-refractivity contribution >= 4 is 28.5 Å². The predicted octanol–water partition coefficient (Wildman–Crippen LogP) is 7.93. The van der Waals surface area contributed by atoms with Crippen molar-refractivity contribution in [3.8, 4) is 17.1 Å². The number of fused-ring (bicyclic) bond motifs is 1. The highest BCUT2D eigenvalue weighted by atomic mass is 35.5. The summed E-state index contributed by atoms with van der Waals surface area (Å²) in [5.41, 5.74) is 3.03. The standard InChI is InChI=1S/C30H29ClO4/c1-29(2,3)20-11-7-18(8-12-20)26-27(25(32)23-17-22(31)15-16-24(23)34-26)35-28(33)19-9-13-21(14-10-19)30(4,5)6/h7-17H,1-6H3. The second-order valence-corrected chi connectivity index (χ2v) is 11.2. The highest BCUT2D eigenvalue weighted by Gasteiger charge is 2.23. The van der Waals surface area contributed by atoms with Crippen LogP contribution in [0.5, 0.6) is 5.75 Å². The van der Waals surface area contributed by atoms with Gasteiger partial charge in [0.05, 0.1) is 10.9 Å². The number of hydrogen-bond donors (Lipinski definition) is 0. The Hall–Kier alpha value is -3.37. The highest BCUT2D eigenvalue weighted by Crippen LogP contribution is 2.34. The Morgan fingerprint density at radius 3 is 1.89 bits per heavy atom. The topological polar surface area (TPSA) is 56.5 Å². The van der Waals surface area contributed by atoms with Crippen molar-refractivity contribution in [2.75, 3.05) is 0 Å². The molecule has 35 heavy (non-hydrogen) atoms. The Morgan fingerprint density at radius 2 is 1.34 bits per heavy atom. The summed E-state index contributed by atoms with van der Waals surface area (Å²) in [4.78, 5) is 26.5. The number of carbonyl (C=O) groups is 1. The summed E-state index contributed by atoms with van der Waals surface area (Å²) in [5, 5.41) is 0.639. The summed E-state index contributed by atoms with van der Waals surface area (Å²) in [6.07, 6.45) is 0. The second-order valence-electron chi connectivity index (χ2n) is 10.8. The fourth-order valence-electron chi connectivity index (χ4n) is 3.81. The fraction of sp³-hybridized carbons (Fsp3) is 0.267. The van der Waals surface area contributed by atoms with Crippen LogP contribution in [0.2, 0.25) is 5.02 Å². The molecule has 3 aromatic carbocycles. The normalized spacial score (nSPS) is 12.1. The molecule has 0 fully saturated rings. The molecule has 0 saturated carbocycles.